The van der Waals surface area contributed by atoms with Gasteiger partial charge in [0.05, 0.1) is 17.7 Å². The van der Waals surface area contributed by atoms with Crippen molar-refractivity contribution in [1.29, 1.82) is 0 Å². The van der Waals surface area contributed by atoms with E-state index in [0.29, 0.717) is 11.3 Å². The quantitative estimate of drug-likeness (QED) is 0.677. The molecule has 0 atom stereocenters. The zero-order chi connectivity index (χ0) is 16.1. The molecule has 2 aromatic rings. The molecule has 0 unspecified atom stereocenters. The maximum atomic E-state index is 12.2. The highest BCUT2D eigenvalue weighted by atomic mass is 16.6. The van der Waals surface area contributed by atoms with Crippen molar-refractivity contribution in [3.63, 3.8) is 0 Å². The van der Waals surface area contributed by atoms with Gasteiger partial charge >= 0.3 is 0 Å². The number of hydrogen-bond acceptors (Lipinski definition) is 4. The summed E-state index contributed by atoms with van der Waals surface area (Å²) in [6, 6.07) is 11.2. The molecule has 0 spiro atoms. The van der Waals surface area contributed by atoms with Gasteiger partial charge in [-0.3, -0.25) is 14.9 Å². The molecule has 6 heteroatoms. The number of nitrogens with zero attached hydrogens (tertiary/aromatic N) is 1. The highest BCUT2D eigenvalue weighted by Crippen LogP contribution is 2.29. The zero-order valence-electron chi connectivity index (χ0n) is 12.3. The third kappa shape index (κ3) is 3.41. The van der Waals surface area contributed by atoms with Crippen molar-refractivity contribution in [2.45, 2.75) is 13.3 Å². The summed E-state index contributed by atoms with van der Waals surface area (Å²) in [5, 5.41) is 13.5. The molecule has 0 aromatic heterocycles. The summed E-state index contributed by atoms with van der Waals surface area (Å²) in [6.45, 7) is 2.03. The predicted octanol–water partition coefficient (Wildman–Crippen LogP) is 3.42. The van der Waals surface area contributed by atoms with Gasteiger partial charge in [-0.25, -0.2) is 0 Å². The van der Waals surface area contributed by atoms with Crippen LogP contribution in [0.25, 0.3) is 0 Å². The highest BCUT2D eigenvalue weighted by Gasteiger charge is 2.14. The van der Waals surface area contributed by atoms with Crippen molar-refractivity contribution in [1.82, 2.24) is 0 Å². The lowest BCUT2D eigenvalue weighted by molar-refractivity contribution is -0.384. The summed E-state index contributed by atoms with van der Waals surface area (Å²) in [6.07, 6.45) is 0.889. The van der Waals surface area contributed by atoms with Crippen molar-refractivity contribution in [2.24, 2.45) is 0 Å². The van der Waals surface area contributed by atoms with Crippen LogP contribution in [0.3, 0.4) is 0 Å². The second-order valence-electron chi connectivity index (χ2n) is 4.65. The zero-order valence-corrected chi connectivity index (χ0v) is 12.3. The molecular formula is C16H16N2O4. The molecule has 0 aliphatic heterocycles. The van der Waals surface area contributed by atoms with Crippen molar-refractivity contribution in [3.8, 4) is 5.75 Å². The maximum Gasteiger partial charge on any atom is 0.271 e. The normalized spacial score (nSPS) is 10.1. The average Bonchev–Trinajstić information content (AvgIpc) is 2.54. The molecule has 0 heterocycles. The summed E-state index contributed by atoms with van der Waals surface area (Å²) in [5.74, 6) is 0.0191. The molecule has 1 amide bonds. The van der Waals surface area contributed by atoms with Crippen molar-refractivity contribution < 1.29 is 14.5 Å². The molecule has 0 radical (unpaired) electrons. The van der Waals surface area contributed by atoms with Gasteiger partial charge in [-0.05, 0) is 30.2 Å². The standard InChI is InChI=1S/C16H16N2O4/c1-3-11-4-6-12(7-5-11)16(19)17-14-10-13(18(20)21)8-9-15(14)22-2/h4-10H,3H2,1-2H3,(H,17,19). The Labute approximate surface area is 127 Å². The number of methoxy groups -OCH3 is 1. The molecule has 0 saturated carbocycles. The van der Waals surface area contributed by atoms with E-state index in [-0.39, 0.29) is 17.3 Å². The fourth-order valence-electron chi connectivity index (χ4n) is 1.99. The van der Waals surface area contributed by atoms with E-state index in [1.54, 1.807) is 12.1 Å². The summed E-state index contributed by atoms with van der Waals surface area (Å²) in [5.41, 5.74) is 1.76. The number of aryl methyl sites for hydroxylation is 1. The number of hydrogen-bond donors (Lipinski definition) is 1. The Morgan fingerprint density at radius 3 is 2.45 bits per heavy atom. The summed E-state index contributed by atoms with van der Waals surface area (Å²) in [7, 11) is 1.44. The van der Waals surface area contributed by atoms with Crippen LogP contribution >= 0.6 is 0 Å². The number of amides is 1. The lowest BCUT2D eigenvalue weighted by Crippen LogP contribution is -2.12. The fourth-order valence-corrected chi connectivity index (χ4v) is 1.99. The van der Waals surface area contributed by atoms with Crippen LogP contribution in [0, 0.1) is 10.1 Å². The highest BCUT2D eigenvalue weighted by molar-refractivity contribution is 6.05. The number of nitrogens with one attached hydrogen (secondary N) is 1. The van der Waals surface area contributed by atoms with Gasteiger partial charge in [0.15, 0.2) is 0 Å². The van der Waals surface area contributed by atoms with Crippen LogP contribution in [0.1, 0.15) is 22.8 Å². The van der Waals surface area contributed by atoms with Crippen molar-refractivity contribution in [3.05, 3.63) is 63.7 Å². The molecule has 2 aromatic carbocycles. The number of carbonyl (C=O) groups excluding carboxylic acids is 1. The first-order valence-corrected chi connectivity index (χ1v) is 6.78. The summed E-state index contributed by atoms with van der Waals surface area (Å²) in [4.78, 5) is 22.5. The lowest BCUT2D eigenvalue weighted by atomic mass is 10.1. The van der Waals surface area contributed by atoms with Gasteiger partial charge in [0, 0.05) is 17.7 Å². The van der Waals surface area contributed by atoms with E-state index in [1.165, 1.54) is 25.3 Å². The Kier molecular flexibility index (Phi) is 4.73. The molecule has 0 aliphatic carbocycles. The van der Waals surface area contributed by atoms with Gasteiger partial charge in [-0.2, -0.15) is 0 Å². The SMILES string of the molecule is CCc1ccc(C(=O)Nc2cc([N+](=O)[O-])ccc2OC)cc1. The van der Waals surface area contributed by atoms with E-state index < -0.39 is 4.92 Å². The number of carbonyl (C=O) groups is 1. The van der Waals surface area contributed by atoms with Gasteiger partial charge in [0.1, 0.15) is 5.75 Å². The topological polar surface area (TPSA) is 81.5 Å². The summed E-state index contributed by atoms with van der Waals surface area (Å²) >= 11 is 0. The molecule has 0 saturated heterocycles. The molecule has 0 bridgehead atoms. The Morgan fingerprint density at radius 1 is 1.23 bits per heavy atom. The number of nitro benzene ring substituents is 1. The smallest absolute Gasteiger partial charge is 0.271 e. The monoisotopic (exact) mass is 300 g/mol. The van der Waals surface area contributed by atoms with Crippen LogP contribution in [0.5, 0.6) is 5.75 Å². The lowest BCUT2D eigenvalue weighted by Gasteiger charge is -2.10. The minimum atomic E-state index is -0.523. The largest absolute Gasteiger partial charge is 0.495 e. The maximum absolute atomic E-state index is 12.2. The first kappa shape index (κ1) is 15.5. The molecule has 0 aliphatic rings. The van der Waals surface area contributed by atoms with Crippen LogP contribution in [-0.2, 0) is 6.42 Å². The molecule has 114 valence electrons. The van der Waals surface area contributed by atoms with Crippen LogP contribution in [0.4, 0.5) is 11.4 Å². The first-order valence-electron chi connectivity index (χ1n) is 6.78. The minimum Gasteiger partial charge on any atom is -0.495 e. The Bertz CT molecular complexity index is 696. The van der Waals surface area contributed by atoms with E-state index in [9.17, 15) is 14.9 Å². The third-order valence-corrected chi connectivity index (χ3v) is 3.27. The van der Waals surface area contributed by atoms with Crippen molar-refractivity contribution in [2.75, 3.05) is 12.4 Å². The molecule has 6 nitrogen and oxygen atoms in total. The Morgan fingerprint density at radius 2 is 1.91 bits per heavy atom. The van der Waals surface area contributed by atoms with Gasteiger partial charge in [-0.15, -0.1) is 0 Å². The number of benzene rings is 2. The molecule has 1 N–H and O–H groups in total. The van der Waals surface area contributed by atoms with Gasteiger partial charge in [0.25, 0.3) is 11.6 Å². The third-order valence-electron chi connectivity index (χ3n) is 3.27. The van der Waals surface area contributed by atoms with E-state index in [0.717, 1.165) is 12.0 Å². The van der Waals surface area contributed by atoms with Crippen molar-refractivity contribution >= 4 is 17.3 Å². The minimum absolute atomic E-state index is 0.113. The second kappa shape index (κ2) is 6.71. The molecule has 2 rings (SSSR count). The predicted molar refractivity (Wildman–Crippen MR) is 83.4 cm³/mol. The number of non-ortho nitro benzene ring substituents is 1. The van der Waals surface area contributed by atoms with Crippen LogP contribution in [-0.4, -0.2) is 17.9 Å². The molecular weight excluding hydrogens is 284 g/mol. The second-order valence-corrected chi connectivity index (χ2v) is 4.65. The Balaban J connectivity index is 2.26. The number of nitro groups is 1. The van der Waals surface area contributed by atoms with Gasteiger partial charge < -0.3 is 10.1 Å². The van der Waals surface area contributed by atoms with E-state index >= 15 is 0 Å². The number of ether oxygens (including phenoxy) is 1. The average molecular weight is 300 g/mol. The number of rotatable bonds is 5. The van der Waals surface area contributed by atoms with Crippen LogP contribution in [0.15, 0.2) is 42.5 Å². The molecule has 0 fully saturated rings. The van der Waals surface area contributed by atoms with Gasteiger partial charge in [0.2, 0.25) is 0 Å². The number of anilines is 1. The Hall–Kier alpha value is -2.89. The fraction of sp³-hybridized carbons (Fsp3) is 0.188. The van der Waals surface area contributed by atoms with E-state index in [2.05, 4.69) is 5.32 Å². The molecule has 22 heavy (non-hydrogen) atoms. The van der Waals surface area contributed by atoms with Crippen LogP contribution in [0.2, 0.25) is 0 Å². The first-order chi connectivity index (χ1) is 10.5. The van der Waals surface area contributed by atoms with Crippen LogP contribution < -0.4 is 10.1 Å². The van der Waals surface area contributed by atoms with E-state index in [1.807, 2.05) is 19.1 Å². The van der Waals surface area contributed by atoms with Gasteiger partial charge in [-0.1, -0.05) is 19.1 Å². The van der Waals surface area contributed by atoms with E-state index in [4.69, 9.17) is 4.74 Å². The summed E-state index contributed by atoms with van der Waals surface area (Å²) < 4.78 is 5.12.